The lowest BCUT2D eigenvalue weighted by Crippen LogP contribution is -2.50. The maximum atomic E-state index is 12.3. The van der Waals surface area contributed by atoms with Crippen molar-refractivity contribution < 1.29 is 14.3 Å². The van der Waals surface area contributed by atoms with Crippen molar-refractivity contribution in [2.75, 3.05) is 24.6 Å². The number of anilines is 1. The molecule has 1 saturated heterocycles. The fourth-order valence-corrected chi connectivity index (χ4v) is 2.99. The highest BCUT2D eigenvalue weighted by Gasteiger charge is 2.28. The molecule has 1 atom stereocenters. The highest BCUT2D eigenvalue weighted by Crippen LogP contribution is 2.21. The summed E-state index contributed by atoms with van der Waals surface area (Å²) in [4.78, 5) is 26.3. The van der Waals surface area contributed by atoms with Crippen molar-refractivity contribution in [3.05, 3.63) is 64.7 Å². The van der Waals surface area contributed by atoms with Gasteiger partial charge in [-0.3, -0.25) is 9.59 Å². The van der Waals surface area contributed by atoms with Crippen LogP contribution in [0.2, 0.25) is 0 Å². The van der Waals surface area contributed by atoms with Crippen molar-refractivity contribution >= 4 is 17.5 Å². The average molecular weight is 352 g/mol. The third-order valence-electron chi connectivity index (χ3n) is 4.70. The number of benzene rings is 2. The van der Waals surface area contributed by atoms with Crippen LogP contribution in [0.5, 0.6) is 0 Å². The molecule has 0 aromatic heterocycles. The Morgan fingerprint density at radius 2 is 1.96 bits per heavy atom. The molecule has 0 spiro atoms. The normalized spacial score (nSPS) is 17.3. The molecular formula is C21H24N2O3. The minimum Gasteiger partial charge on any atom is -0.365 e. The Labute approximate surface area is 154 Å². The highest BCUT2D eigenvalue weighted by molar-refractivity contribution is 5.95. The Bertz CT molecular complexity index is 832. The van der Waals surface area contributed by atoms with Gasteiger partial charge in [-0.25, -0.2) is 0 Å². The summed E-state index contributed by atoms with van der Waals surface area (Å²) in [7, 11) is 0. The van der Waals surface area contributed by atoms with Crippen LogP contribution in [0.4, 0.5) is 5.69 Å². The Morgan fingerprint density at radius 3 is 2.69 bits per heavy atom. The van der Waals surface area contributed by atoms with E-state index in [1.54, 1.807) is 11.0 Å². The zero-order valence-electron chi connectivity index (χ0n) is 15.4. The zero-order valence-corrected chi connectivity index (χ0v) is 15.4. The monoisotopic (exact) mass is 352 g/mol. The van der Waals surface area contributed by atoms with Gasteiger partial charge in [-0.2, -0.15) is 0 Å². The van der Waals surface area contributed by atoms with Crippen LogP contribution in [-0.2, 0) is 9.53 Å². The van der Waals surface area contributed by atoms with E-state index >= 15 is 0 Å². The Kier molecular flexibility index (Phi) is 5.38. The van der Waals surface area contributed by atoms with Gasteiger partial charge in [0.1, 0.15) is 6.61 Å². The number of aryl methyl sites for hydroxylation is 3. The van der Waals surface area contributed by atoms with Crippen LogP contribution in [0.25, 0.3) is 0 Å². The summed E-state index contributed by atoms with van der Waals surface area (Å²) in [6.45, 7) is 6.84. The predicted molar refractivity (Wildman–Crippen MR) is 102 cm³/mol. The molecule has 5 heteroatoms. The van der Waals surface area contributed by atoms with Gasteiger partial charge in [0.2, 0.25) is 0 Å². The molecule has 0 radical (unpaired) electrons. The molecule has 0 saturated carbocycles. The number of ether oxygens (including phenoxy) is 1. The summed E-state index contributed by atoms with van der Waals surface area (Å²) in [5.41, 5.74) is 4.87. The standard InChI is InChI=1S/C21H24N2O3/c1-14-5-4-6-17(9-14)21(25)22-11-19-12-23(20(24)13-26-19)18-8-7-15(2)16(3)10-18/h4-10,19H,11-13H2,1-3H3,(H,22,25). The summed E-state index contributed by atoms with van der Waals surface area (Å²) in [5, 5.41) is 2.90. The number of carbonyl (C=O) groups excluding carboxylic acids is 2. The summed E-state index contributed by atoms with van der Waals surface area (Å²) < 4.78 is 5.60. The molecule has 1 fully saturated rings. The third-order valence-corrected chi connectivity index (χ3v) is 4.70. The minimum atomic E-state index is -0.233. The van der Waals surface area contributed by atoms with Gasteiger partial charge in [0.15, 0.2) is 0 Å². The molecule has 2 aromatic carbocycles. The van der Waals surface area contributed by atoms with Gasteiger partial charge in [0.05, 0.1) is 12.6 Å². The van der Waals surface area contributed by atoms with E-state index in [9.17, 15) is 9.59 Å². The van der Waals surface area contributed by atoms with E-state index in [4.69, 9.17) is 4.74 Å². The Balaban J connectivity index is 1.63. The third kappa shape index (κ3) is 4.11. The first-order valence-electron chi connectivity index (χ1n) is 8.78. The van der Waals surface area contributed by atoms with Crippen LogP contribution in [0.1, 0.15) is 27.0 Å². The van der Waals surface area contributed by atoms with E-state index in [1.807, 2.05) is 57.2 Å². The Morgan fingerprint density at radius 1 is 1.15 bits per heavy atom. The number of hydrogen-bond acceptors (Lipinski definition) is 3. The number of rotatable bonds is 4. The maximum Gasteiger partial charge on any atom is 0.253 e. The molecule has 0 bridgehead atoms. The van der Waals surface area contributed by atoms with Gasteiger partial charge < -0.3 is 15.0 Å². The fourth-order valence-electron chi connectivity index (χ4n) is 2.99. The van der Waals surface area contributed by atoms with Gasteiger partial charge in [-0.15, -0.1) is 0 Å². The number of amides is 2. The van der Waals surface area contributed by atoms with E-state index in [-0.39, 0.29) is 24.5 Å². The van der Waals surface area contributed by atoms with Gasteiger partial charge in [0.25, 0.3) is 11.8 Å². The summed E-state index contributed by atoms with van der Waals surface area (Å²) in [6.07, 6.45) is -0.233. The lowest BCUT2D eigenvalue weighted by molar-refractivity contribution is -0.129. The second-order valence-electron chi connectivity index (χ2n) is 6.79. The van der Waals surface area contributed by atoms with Gasteiger partial charge in [0, 0.05) is 17.8 Å². The van der Waals surface area contributed by atoms with Crippen molar-refractivity contribution in [3.63, 3.8) is 0 Å². The molecule has 1 aliphatic rings. The highest BCUT2D eigenvalue weighted by atomic mass is 16.5. The van der Waals surface area contributed by atoms with E-state index < -0.39 is 0 Å². The van der Waals surface area contributed by atoms with E-state index in [0.29, 0.717) is 18.7 Å². The van der Waals surface area contributed by atoms with Crippen LogP contribution < -0.4 is 10.2 Å². The molecule has 136 valence electrons. The first kappa shape index (κ1) is 18.1. The van der Waals surface area contributed by atoms with Gasteiger partial charge >= 0.3 is 0 Å². The first-order chi connectivity index (χ1) is 12.4. The summed E-state index contributed by atoms with van der Waals surface area (Å²) in [6, 6.07) is 13.4. The second kappa shape index (κ2) is 7.70. The molecule has 1 heterocycles. The van der Waals surface area contributed by atoms with Crippen LogP contribution in [-0.4, -0.2) is 37.6 Å². The lowest BCUT2D eigenvalue weighted by Gasteiger charge is -2.33. The molecule has 1 N–H and O–H groups in total. The van der Waals surface area contributed by atoms with Gasteiger partial charge in [-0.1, -0.05) is 23.8 Å². The van der Waals surface area contributed by atoms with Crippen molar-refractivity contribution in [3.8, 4) is 0 Å². The molecule has 1 aliphatic heterocycles. The van der Waals surface area contributed by atoms with Crippen LogP contribution in [0.15, 0.2) is 42.5 Å². The summed E-state index contributed by atoms with van der Waals surface area (Å²) >= 11 is 0. The van der Waals surface area contributed by atoms with Crippen molar-refractivity contribution in [2.45, 2.75) is 26.9 Å². The average Bonchev–Trinajstić information content (AvgIpc) is 2.63. The van der Waals surface area contributed by atoms with Gasteiger partial charge in [-0.05, 0) is 56.2 Å². The quantitative estimate of drug-likeness (QED) is 0.920. The number of carbonyl (C=O) groups is 2. The summed E-state index contributed by atoms with van der Waals surface area (Å²) in [5.74, 6) is -0.193. The van der Waals surface area contributed by atoms with E-state index in [1.165, 1.54) is 5.56 Å². The second-order valence-corrected chi connectivity index (χ2v) is 6.79. The molecule has 2 amide bonds. The largest absolute Gasteiger partial charge is 0.365 e. The Hall–Kier alpha value is -2.66. The molecule has 0 aliphatic carbocycles. The van der Waals surface area contributed by atoms with Crippen molar-refractivity contribution in [1.29, 1.82) is 0 Å². The first-order valence-corrected chi connectivity index (χ1v) is 8.78. The van der Waals surface area contributed by atoms with Crippen LogP contribution in [0.3, 0.4) is 0 Å². The lowest BCUT2D eigenvalue weighted by atomic mass is 10.1. The number of hydrogen-bond donors (Lipinski definition) is 1. The maximum absolute atomic E-state index is 12.3. The smallest absolute Gasteiger partial charge is 0.253 e. The number of nitrogens with one attached hydrogen (secondary N) is 1. The predicted octanol–water partition coefficient (Wildman–Crippen LogP) is 2.77. The van der Waals surface area contributed by atoms with Crippen LogP contribution in [0, 0.1) is 20.8 Å². The zero-order chi connectivity index (χ0) is 18.7. The molecule has 26 heavy (non-hydrogen) atoms. The SMILES string of the molecule is Cc1cccc(C(=O)NCC2CN(c3ccc(C)c(C)c3)C(=O)CO2)c1. The topological polar surface area (TPSA) is 58.6 Å². The van der Waals surface area contributed by atoms with E-state index in [2.05, 4.69) is 5.32 Å². The number of morpholine rings is 1. The molecule has 1 unspecified atom stereocenters. The molecule has 5 nitrogen and oxygen atoms in total. The van der Waals surface area contributed by atoms with Crippen LogP contribution >= 0.6 is 0 Å². The molecule has 2 aromatic rings. The minimum absolute atomic E-state index is 0.0257. The van der Waals surface area contributed by atoms with Crippen molar-refractivity contribution in [1.82, 2.24) is 5.32 Å². The number of nitrogens with zero attached hydrogens (tertiary/aromatic N) is 1. The molecular weight excluding hydrogens is 328 g/mol. The fraction of sp³-hybridized carbons (Fsp3) is 0.333. The van der Waals surface area contributed by atoms with E-state index in [0.717, 1.165) is 16.8 Å². The molecule has 3 rings (SSSR count). The van der Waals surface area contributed by atoms with Crippen molar-refractivity contribution in [2.24, 2.45) is 0 Å².